The van der Waals surface area contributed by atoms with Crippen molar-refractivity contribution in [3.63, 3.8) is 0 Å². The first-order chi connectivity index (χ1) is 12.7. The Bertz CT molecular complexity index is 1220. The van der Waals surface area contributed by atoms with Crippen molar-refractivity contribution in [1.29, 1.82) is 5.26 Å². The smallest absolute Gasteiger partial charge is 0.246 e. The van der Waals surface area contributed by atoms with E-state index in [2.05, 4.69) is 10.1 Å². The molecule has 4 rings (SSSR count). The normalized spacial score (nSPS) is 10.8. The fourth-order valence-corrected chi connectivity index (χ4v) is 2.96. The van der Waals surface area contributed by atoms with Crippen LogP contribution in [0.2, 0.25) is 5.02 Å². The second-order valence-corrected chi connectivity index (χ2v) is 6.09. The quantitative estimate of drug-likeness (QED) is 0.555. The van der Waals surface area contributed by atoms with Crippen molar-refractivity contribution in [2.75, 3.05) is 0 Å². The van der Waals surface area contributed by atoms with E-state index in [-0.39, 0.29) is 17.5 Å². The molecule has 0 radical (unpaired) electrons. The standard InChI is InChI=1S/C19H11ClN4O2/c20-14-5-3-4-12(8-14)19-22-17(26-23-19)11-24-10-13(9-21)18(25)15-6-1-2-7-16(15)24/h1-8,10H,11H2. The monoisotopic (exact) mass is 362 g/mol. The predicted octanol–water partition coefficient (Wildman–Crippen LogP) is 3.62. The third kappa shape index (κ3) is 2.85. The Balaban J connectivity index is 1.76. The summed E-state index contributed by atoms with van der Waals surface area (Å²) < 4.78 is 7.08. The molecule has 0 aliphatic rings. The van der Waals surface area contributed by atoms with Gasteiger partial charge in [0.1, 0.15) is 18.2 Å². The minimum absolute atomic E-state index is 0.0679. The minimum Gasteiger partial charge on any atom is -0.337 e. The zero-order valence-corrected chi connectivity index (χ0v) is 14.1. The second-order valence-electron chi connectivity index (χ2n) is 5.65. The average Bonchev–Trinajstić information content (AvgIpc) is 3.13. The van der Waals surface area contributed by atoms with Crippen LogP contribution in [0.1, 0.15) is 11.5 Å². The highest BCUT2D eigenvalue weighted by atomic mass is 35.5. The first kappa shape index (κ1) is 16.1. The van der Waals surface area contributed by atoms with Gasteiger partial charge in [-0.3, -0.25) is 4.79 Å². The Kier molecular flexibility index (Phi) is 3.99. The first-order valence-corrected chi connectivity index (χ1v) is 8.14. The highest BCUT2D eigenvalue weighted by molar-refractivity contribution is 6.30. The number of nitriles is 1. The molecule has 0 aliphatic carbocycles. The number of hydrogen-bond donors (Lipinski definition) is 0. The number of pyridine rings is 1. The van der Waals surface area contributed by atoms with Crippen molar-refractivity contribution in [3.8, 4) is 17.5 Å². The molecule has 7 heteroatoms. The SMILES string of the molecule is N#Cc1cn(Cc2nc(-c3cccc(Cl)c3)no2)c2ccccc2c1=O. The van der Waals surface area contributed by atoms with Gasteiger partial charge in [-0.05, 0) is 24.3 Å². The lowest BCUT2D eigenvalue weighted by atomic mass is 10.1. The van der Waals surface area contributed by atoms with Crippen LogP contribution in [0, 0.1) is 11.3 Å². The lowest BCUT2D eigenvalue weighted by molar-refractivity contribution is 0.372. The van der Waals surface area contributed by atoms with E-state index in [9.17, 15) is 10.1 Å². The van der Waals surface area contributed by atoms with Crippen LogP contribution >= 0.6 is 11.6 Å². The molecule has 126 valence electrons. The molecule has 0 unspecified atom stereocenters. The predicted molar refractivity (Wildman–Crippen MR) is 96.8 cm³/mol. The molecule has 6 nitrogen and oxygen atoms in total. The number of halogens is 1. The highest BCUT2D eigenvalue weighted by Crippen LogP contribution is 2.20. The van der Waals surface area contributed by atoms with Crippen molar-refractivity contribution >= 4 is 22.5 Å². The molecule has 0 atom stereocenters. The molecule has 0 spiro atoms. The van der Waals surface area contributed by atoms with Gasteiger partial charge in [-0.15, -0.1) is 0 Å². The van der Waals surface area contributed by atoms with Crippen molar-refractivity contribution in [3.05, 3.63) is 81.4 Å². The fraction of sp³-hybridized carbons (Fsp3) is 0.0526. The Morgan fingerprint density at radius 1 is 1.19 bits per heavy atom. The van der Waals surface area contributed by atoms with Gasteiger partial charge in [0, 0.05) is 22.2 Å². The number of fused-ring (bicyclic) bond motifs is 1. The molecule has 0 bridgehead atoms. The first-order valence-electron chi connectivity index (χ1n) is 7.76. The topological polar surface area (TPSA) is 84.7 Å². The van der Waals surface area contributed by atoms with E-state index in [1.807, 2.05) is 30.3 Å². The summed E-state index contributed by atoms with van der Waals surface area (Å²) in [4.78, 5) is 16.7. The summed E-state index contributed by atoms with van der Waals surface area (Å²) in [7, 11) is 0. The summed E-state index contributed by atoms with van der Waals surface area (Å²) >= 11 is 5.99. The van der Waals surface area contributed by atoms with Crippen LogP contribution in [0.25, 0.3) is 22.3 Å². The van der Waals surface area contributed by atoms with E-state index in [4.69, 9.17) is 16.1 Å². The molecule has 0 N–H and O–H groups in total. The fourth-order valence-electron chi connectivity index (χ4n) is 2.77. The van der Waals surface area contributed by atoms with Gasteiger partial charge in [0.2, 0.25) is 17.1 Å². The summed E-state index contributed by atoms with van der Waals surface area (Å²) in [5.41, 5.74) is 1.22. The summed E-state index contributed by atoms with van der Waals surface area (Å²) in [5.74, 6) is 0.783. The molecule has 26 heavy (non-hydrogen) atoms. The van der Waals surface area contributed by atoms with Crippen molar-refractivity contribution in [2.45, 2.75) is 6.54 Å². The van der Waals surface area contributed by atoms with Crippen LogP contribution in [-0.2, 0) is 6.54 Å². The van der Waals surface area contributed by atoms with E-state index in [1.54, 1.807) is 28.8 Å². The van der Waals surface area contributed by atoms with E-state index in [1.165, 1.54) is 6.20 Å². The Hall–Kier alpha value is -3.43. The van der Waals surface area contributed by atoms with Gasteiger partial charge < -0.3 is 9.09 Å². The molecule has 0 aliphatic heterocycles. The number of para-hydroxylation sites is 1. The minimum atomic E-state index is -0.288. The Morgan fingerprint density at radius 3 is 2.85 bits per heavy atom. The maximum Gasteiger partial charge on any atom is 0.246 e. The number of hydrogen-bond acceptors (Lipinski definition) is 5. The van der Waals surface area contributed by atoms with Crippen LogP contribution in [0.4, 0.5) is 0 Å². The maximum absolute atomic E-state index is 12.3. The summed E-state index contributed by atoms with van der Waals surface area (Å²) in [5, 5.41) is 14.3. The van der Waals surface area contributed by atoms with Crippen LogP contribution in [0.3, 0.4) is 0 Å². The molecular weight excluding hydrogens is 352 g/mol. The van der Waals surface area contributed by atoms with Crippen LogP contribution in [0.15, 0.2) is 64.0 Å². The van der Waals surface area contributed by atoms with Gasteiger partial charge in [-0.25, -0.2) is 0 Å². The summed E-state index contributed by atoms with van der Waals surface area (Å²) in [6, 6.07) is 16.2. The molecule has 2 aromatic heterocycles. The van der Waals surface area contributed by atoms with Crippen LogP contribution < -0.4 is 5.43 Å². The molecular formula is C19H11ClN4O2. The molecule has 2 heterocycles. The lowest BCUT2D eigenvalue weighted by Crippen LogP contribution is -2.13. The van der Waals surface area contributed by atoms with Crippen LogP contribution in [0.5, 0.6) is 0 Å². The number of benzene rings is 2. The van der Waals surface area contributed by atoms with Crippen molar-refractivity contribution < 1.29 is 4.52 Å². The van der Waals surface area contributed by atoms with Gasteiger partial charge in [0.05, 0.1) is 5.52 Å². The van der Waals surface area contributed by atoms with Crippen molar-refractivity contribution in [1.82, 2.24) is 14.7 Å². The summed E-state index contributed by atoms with van der Waals surface area (Å²) in [6.45, 7) is 0.239. The molecule has 2 aromatic carbocycles. The van der Waals surface area contributed by atoms with Gasteiger partial charge in [-0.2, -0.15) is 10.2 Å². The average molecular weight is 363 g/mol. The number of rotatable bonds is 3. The van der Waals surface area contributed by atoms with Gasteiger partial charge in [-0.1, -0.05) is 41.0 Å². The van der Waals surface area contributed by atoms with E-state index >= 15 is 0 Å². The Morgan fingerprint density at radius 2 is 2.04 bits per heavy atom. The third-order valence-electron chi connectivity index (χ3n) is 3.96. The molecule has 0 amide bonds. The van der Waals surface area contributed by atoms with Gasteiger partial charge in [0.25, 0.3) is 0 Å². The molecule has 4 aromatic rings. The zero-order valence-electron chi connectivity index (χ0n) is 13.4. The molecule has 0 saturated heterocycles. The lowest BCUT2D eigenvalue weighted by Gasteiger charge is -2.08. The number of aromatic nitrogens is 3. The third-order valence-corrected chi connectivity index (χ3v) is 4.20. The van der Waals surface area contributed by atoms with E-state index in [0.717, 1.165) is 5.56 Å². The molecule has 0 saturated carbocycles. The van der Waals surface area contributed by atoms with Gasteiger partial charge >= 0.3 is 0 Å². The van der Waals surface area contributed by atoms with Crippen molar-refractivity contribution in [2.24, 2.45) is 0 Å². The van der Waals surface area contributed by atoms with Crippen LogP contribution in [-0.4, -0.2) is 14.7 Å². The summed E-state index contributed by atoms with van der Waals surface area (Å²) in [6.07, 6.45) is 1.51. The van der Waals surface area contributed by atoms with E-state index in [0.29, 0.717) is 27.6 Å². The van der Waals surface area contributed by atoms with E-state index < -0.39 is 0 Å². The Labute approximate surface area is 152 Å². The number of nitrogens with zero attached hydrogens (tertiary/aromatic N) is 4. The largest absolute Gasteiger partial charge is 0.337 e. The zero-order chi connectivity index (χ0) is 18.1. The van der Waals surface area contributed by atoms with Gasteiger partial charge in [0.15, 0.2) is 0 Å². The molecule has 0 fully saturated rings. The highest BCUT2D eigenvalue weighted by Gasteiger charge is 2.13. The maximum atomic E-state index is 12.3. The second kappa shape index (κ2) is 6.47.